The van der Waals surface area contributed by atoms with E-state index in [0.29, 0.717) is 23.4 Å². The van der Waals surface area contributed by atoms with Crippen LogP contribution in [0.1, 0.15) is 32.6 Å². The highest BCUT2D eigenvalue weighted by molar-refractivity contribution is 6.04. The summed E-state index contributed by atoms with van der Waals surface area (Å²) >= 11 is 0. The highest BCUT2D eigenvalue weighted by Gasteiger charge is 2.39. The van der Waals surface area contributed by atoms with Gasteiger partial charge in [0.05, 0.1) is 19.0 Å². The fourth-order valence-electron chi connectivity index (χ4n) is 4.16. The van der Waals surface area contributed by atoms with Gasteiger partial charge in [-0.2, -0.15) is 4.98 Å². The zero-order valence-electron chi connectivity index (χ0n) is 16.5. The first-order valence-corrected chi connectivity index (χ1v) is 9.63. The Morgan fingerprint density at radius 1 is 1.29 bits per heavy atom. The van der Waals surface area contributed by atoms with Crippen LogP contribution in [0.5, 0.6) is 5.75 Å². The lowest BCUT2D eigenvalue weighted by atomic mass is 10.1. The van der Waals surface area contributed by atoms with Crippen molar-refractivity contribution in [1.29, 1.82) is 0 Å². The number of amides is 1. The van der Waals surface area contributed by atoms with E-state index in [1.54, 1.807) is 37.4 Å². The van der Waals surface area contributed by atoms with E-state index in [4.69, 9.17) is 15.5 Å². The molecule has 8 nitrogen and oxygen atoms in total. The molecule has 2 aromatic rings. The highest BCUT2D eigenvalue weighted by Crippen LogP contribution is 2.39. The van der Waals surface area contributed by atoms with Crippen molar-refractivity contribution in [2.24, 2.45) is 0 Å². The number of carbonyl (C=O) groups is 1. The molecule has 1 aliphatic heterocycles. The van der Waals surface area contributed by atoms with Crippen LogP contribution in [0.25, 0.3) is 0 Å². The SMILES string of the molecule is COc1cc(N)ccc1Nc1ncc2c(n1)N(C1CCCC1)C(C)C(=O)N2C. The molecule has 2 aliphatic rings. The van der Waals surface area contributed by atoms with Gasteiger partial charge >= 0.3 is 0 Å². The normalized spacial score (nSPS) is 19.7. The summed E-state index contributed by atoms with van der Waals surface area (Å²) in [6.07, 6.45) is 6.25. The summed E-state index contributed by atoms with van der Waals surface area (Å²) in [5.41, 5.74) is 7.93. The third-order valence-corrected chi connectivity index (χ3v) is 5.65. The Balaban J connectivity index is 1.72. The lowest BCUT2D eigenvalue weighted by Crippen LogP contribution is -2.54. The number of likely N-dealkylation sites (N-methyl/N-ethyl adjacent to an activating group) is 1. The standard InChI is InChI=1S/C20H26N6O2/c1-12-19(27)25(2)16-11-22-20(23-15-9-8-13(21)10-17(15)28-3)24-18(16)26(12)14-6-4-5-7-14/h8-12,14H,4-7,21H2,1-3H3,(H,22,23,24). The van der Waals surface area contributed by atoms with Crippen LogP contribution in [0.3, 0.4) is 0 Å². The fourth-order valence-corrected chi connectivity index (χ4v) is 4.16. The molecule has 1 saturated carbocycles. The molecule has 1 atom stereocenters. The van der Waals surface area contributed by atoms with Gasteiger partial charge in [-0.25, -0.2) is 4.98 Å². The number of nitrogens with zero attached hydrogens (tertiary/aromatic N) is 4. The second kappa shape index (κ2) is 7.18. The predicted molar refractivity (Wildman–Crippen MR) is 110 cm³/mol. The molecule has 1 aromatic heterocycles. The number of methoxy groups -OCH3 is 1. The number of fused-ring (bicyclic) bond motifs is 1. The second-order valence-corrected chi connectivity index (χ2v) is 7.41. The Labute approximate surface area is 164 Å². The van der Waals surface area contributed by atoms with Crippen LogP contribution < -0.4 is 25.6 Å². The van der Waals surface area contributed by atoms with Crippen molar-refractivity contribution < 1.29 is 9.53 Å². The number of hydrogen-bond acceptors (Lipinski definition) is 7. The fraction of sp³-hybridized carbons (Fsp3) is 0.450. The van der Waals surface area contributed by atoms with Gasteiger partial charge in [0.25, 0.3) is 0 Å². The van der Waals surface area contributed by atoms with E-state index in [1.165, 1.54) is 12.8 Å². The summed E-state index contributed by atoms with van der Waals surface area (Å²) in [6, 6.07) is 5.47. The zero-order valence-corrected chi connectivity index (χ0v) is 16.5. The summed E-state index contributed by atoms with van der Waals surface area (Å²) in [7, 11) is 3.38. The second-order valence-electron chi connectivity index (χ2n) is 7.41. The molecule has 0 saturated heterocycles. The van der Waals surface area contributed by atoms with Crippen LogP contribution in [0.15, 0.2) is 24.4 Å². The Morgan fingerprint density at radius 2 is 2.04 bits per heavy atom. The van der Waals surface area contributed by atoms with Gasteiger partial charge in [-0.1, -0.05) is 12.8 Å². The summed E-state index contributed by atoms with van der Waals surface area (Å²) in [5.74, 6) is 1.95. The van der Waals surface area contributed by atoms with Gasteiger partial charge in [-0.15, -0.1) is 0 Å². The summed E-state index contributed by atoms with van der Waals surface area (Å²) in [6.45, 7) is 1.96. The molecule has 1 aromatic carbocycles. The van der Waals surface area contributed by atoms with E-state index in [-0.39, 0.29) is 11.9 Å². The van der Waals surface area contributed by atoms with Crippen molar-refractivity contribution in [3.8, 4) is 5.75 Å². The average molecular weight is 382 g/mol. The summed E-state index contributed by atoms with van der Waals surface area (Å²) < 4.78 is 5.40. The van der Waals surface area contributed by atoms with Crippen LogP contribution in [0.2, 0.25) is 0 Å². The minimum atomic E-state index is -0.241. The first kappa shape index (κ1) is 18.3. The Morgan fingerprint density at radius 3 is 2.75 bits per heavy atom. The molecule has 4 rings (SSSR count). The Bertz CT molecular complexity index is 896. The topological polar surface area (TPSA) is 96.6 Å². The van der Waals surface area contributed by atoms with Crippen LogP contribution in [0.4, 0.5) is 28.8 Å². The van der Waals surface area contributed by atoms with E-state index < -0.39 is 0 Å². The molecule has 0 bridgehead atoms. The number of nitrogens with two attached hydrogens (primary N) is 1. The predicted octanol–water partition coefficient (Wildman–Crippen LogP) is 2.92. The van der Waals surface area contributed by atoms with Gasteiger partial charge in [0, 0.05) is 24.8 Å². The molecule has 3 N–H and O–H groups in total. The number of rotatable bonds is 4. The van der Waals surface area contributed by atoms with Gasteiger partial charge < -0.3 is 25.6 Å². The molecule has 1 aliphatic carbocycles. The smallest absolute Gasteiger partial charge is 0.249 e. The number of carbonyl (C=O) groups excluding carboxylic acids is 1. The van der Waals surface area contributed by atoms with Crippen molar-refractivity contribution >= 4 is 34.7 Å². The highest BCUT2D eigenvalue weighted by atomic mass is 16.5. The largest absolute Gasteiger partial charge is 0.494 e. The average Bonchev–Trinajstić information content (AvgIpc) is 3.22. The van der Waals surface area contributed by atoms with Gasteiger partial charge in [0.15, 0.2) is 5.82 Å². The van der Waals surface area contributed by atoms with Crippen LogP contribution >= 0.6 is 0 Å². The minimum absolute atomic E-state index is 0.0731. The zero-order chi connectivity index (χ0) is 19.8. The van der Waals surface area contributed by atoms with E-state index in [9.17, 15) is 4.79 Å². The van der Waals surface area contributed by atoms with Crippen molar-refractivity contribution in [2.45, 2.75) is 44.7 Å². The number of ether oxygens (including phenoxy) is 1. The van der Waals surface area contributed by atoms with E-state index >= 15 is 0 Å². The Kier molecular flexibility index (Phi) is 4.70. The summed E-state index contributed by atoms with van der Waals surface area (Å²) in [5, 5.41) is 3.22. The van der Waals surface area contributed by atoms with Crippen LogP contribution in [0, 0.1) is 0 Å². The molecule has 28 heavy (non-hydrogen) atoms. The maximum Gasteiger partial charge on any atom is 0.249 e. The maximum absolute atomic E-state index is 12.7. The van der Waals surface area contributed by atoms with Crippen molar-refractivity contribution in [1.82, 2.24) is 9.97 Å². The van der Waals surface area contributed by atoms with E-state index in [1.807, 2.05) is 13.0 Å². The van der Waals surface area contributed by atoms with Crippen LogP contribution in [-0.2, 0) is 4.79 Å². The van der Waals surface area contributed by atoms with E-state index in [2.05, 4.69) is 15.2 Å². The molecule has 148 valence electrons. The summed E-state index contributed by atoms with van der Waals surface area (Å²) in [4.78, 5) is 25.8. The quantitative estimate of drug-likeness (QED) is 0.785. The molecular formula is C20H26N6O2. The molecule has 1 amide bonds. The molecule has 1 unspecified atom stereocenters. The minimum Gasteiger partial charge on any atom is -0.494 e. The van der Waals surface area contributed by atoms with Gasteiger partial charge in [0.2, 0.25) is 11.9 Å². The number of aromatic nitrogens is 2. The van der Waals surface area contributed by atoms with E-state index in [0.717, 1.165) is 30.0 Å². The van der Waals surface area contributed by atoms with Gasteiger partial charge in [-0.05, 0) is 31.9 Å². The third-order valence-electron chi connectivity index (χ3n) is 5.65. The number of nitrogen functional groups attached to an aromatic ring is 1. The third kappa shape index (κ3) is 3.08. The molecule has 2 heterocycles. The van der Waals surface area contributed by atoms with Gasteiger partial charge in [0.1, 0.15) is 17.5 Å². The molecule has 0 radical (unpaired) electrons. The molecule has 8 heteroatoms. The van der Waals surface area contributed by atoms with Crippen molar-refractivity contribution in [2.75, 3.05) is 35.0 Å². The Hall–Kier alpha value is -3.03. The molecular weight excluding hydrogens is 356 g/mol. The lowest BCUT2D eigenvalue weighted by molar-refractivity contribution is -0.119. The van der Waals surface area contributed by atoms with Gasteiger partial charge in [-0.3, -0.25) is 4.79 Å². The number of anilines is 5. The van der Waals surface area contributed by atoms with Crippen molar-refractivity contribution in [3.05, 3.63) is 24.4 Å². The number of hydrogen-bond donors (Lipinski definition) is 2. The monoisotopic (exact) mass is 382 g/mol. The van der Waals surface area contributed by atoms with Crippen LogP contribution in [-0.4, -0.2) is 42.1 Å². The van der Waals surface area contributed by atoms with Crippen molar-refractivity contribution in [3.63, 3.8) is 0 Å². The number of benzene rings is 1. The first-order valence-electron chi connectivity index (χ1n) is 9.63. The first-order chi connectivity index (χ1) is 13.5. The molecule has 1 fully saturated rings. The number of nitrogens with one attached hydrogen (secondary N) is 1. The maximum atomic E-state index is 12.7. The lowest BCUT2D eigenvalue weighted by Gasteiger charge is -2.42. The molecule has 0 spiro atoms.